The summed E-state index contributed by atoms with van der Waals surface area (Å²) in [5.74, 6) is -0.569. The maximum absolute atomic E-state index is 10.8. The maximum atomic E-state index is 10.8. The molecule has 1 fully saturated rings. The van der Waals surface area contributed by atoms with Crippen LogP contribution in [0.4, 0.5) is 5.95 Å². The Bertz CT molecular complexity index is 411. The van der Waals surface area contributed by atoms with Crippen LogP contribution in [0, 0.1) is 0 Å². The first-order valence-corrected chi connectivity index (χ1v) is 5.63. The summed E-state index contributed by atoms with van der Waals surface area (Å²) in [6.45, 7) is 4.08. The fourth-order valence-electron chi connectivity index (χ4n) is 1.77. The number of hydrogen-bond donors (Lipinski definition) is 1. The standard InChI is InChI=1S/C11H15N3O3/c1-2-8-7-14(5-6-17-8)11-12-4-3-9(13-11)10(15)16/h3-4,8H,2,5-7H2,1H3,(H,15,16). The van der Waals surface area contributed by atoms with Crippen LogP contribution in [0.25, 0.3) is 0 Å². The maximum Gasteiger partial charge on any atom is 0.354 e. The van der Waals surface area contributed by atoms with E-state index in [0.717, 1.165) is 6.42 Å². The molecule has 0 radical (unpaired) electrons. The van der Waals surface area contributed by atoms with Gasteiger partial charge in [-0.3, -0.25) is 0 Å². The van der Waals surface area contributed by atoms with Crippen LogP contribution in [-0.4, -0.2) is 46.8 Å². The van der Waals surface area contributed by atoms with Gasteiger partial charge >= 0.3 is 5.97 Å². The monoisotopic (exact) mass is 237 g/mol. The second-order valence-corrected chi connectivity index (χ2v) is 3.89. The van der Waals surface area contributed by atoms with Crippen molar-refractivity contribution in [3.63, 3.8) is 0 Å². The lowest BCUT2D eigenvalue weighted by Crippen LogP contribution is -2.43. The van der Waals surface area contributed by atoms with Gasteiger partial charge in [-0.25, -0.2) is 14.8 Å². The van der Waals surface area contributed by atoms with E-state index in [9.17, 15) is 4.79 Å². The SMILES string of the molecule is CCC1CN(c2nccc(C(=O)O)n2)CCO1. The molecular weight excluding hydrogens is 222 g/mol. The van der Waals surface area contributed by atoms with Crippen LogP contribution in [-0.2, 0) is 4.74 Å². The topological polar surface area (TPSA) is 75.6 Å². The Balaban J connectivity index is 2.16. The van der Waals surface area contributed by atoms with E-state index in [1.807, 2.05) is 4.90 Å². The highest BCUT2D eigenvalue weighted by Crippen LogP contribution is 2.14. The van der Waals surface area contributed by atoms with Crippen LogP contribution in [0.15, 0.2) is 12.3 Å². The van der Waals surface area contributed by atoms with Crippen LogP contribution in [0.5, 0.6) is 0 Å². The van der Waals surface area contributed by atoms with Crippen LogP contribution < -0.4 is 4.90 Å². The zero-order valence-corrected chi connectivity index (χ0v) is 9.67. The predicted molar refractivity (Wildman–Crippen MR) is 61.2 cm³/mol. The van der Waals surface area contributed by atoms with E-state index >= 15 is 0 Å². The molecule has 1 unspecified atom stereocenters. The van der Waals surface area contributed by atoms with Gasteiger partial charge < -0.3 is 14.7 Å². The van der Waals surface area contributed by atoms with E-state index in [2.05, 4.69) is 16.9 Å². The second kappa shape index (κ2) is 5.09. The number of carbonyl (C=O) groups is 1. The van der Waals surface area contributed by atoms with Crippen molar-refractivity contribution in [1.82, 2.24) is 9.97 Å². The Kier molecular flexibility index (Phi) is 3.53. The molecule has 0 amide bonds. The van der Waals surface area contributed by atoms with Crippen molar-refractivity contribution in [2.24, 2.45) is 0 Å². The largest absolute Gasteiger partial charge is 0.477 e. The second-order valence-electron chi connectivity index (χ2n) is 3.89. The summed E-state index contributed by atoms with van der Waals surface area (Å²) < 4.78 is 5.54. The summed E-state index contributed by atoms with van der Waals surface area (Å²) in [6, 6.07) is 1.39. The molecule has 1 aromatic rings. The normalized spacial score (nSPS) is 20.3. The van der Waals surface area contributed by atoms with E-state index in [4.69, 9.17) is 9.84 Å². The summed E-state index contributed by atoms with van der Waals surface area (Å²) in [4.78, 5) is 20.9. The lowest BCUT2D eigenvalue weighted by molar-refractivity contribution is 0.0378. The number of morpholine rings is 1. The Labute approximate surface area is 99.2 Å². The number of ether oxygens (including phenoxy) is 1. The van der Waals surface area contributed by atoms with Gasteiger partial charge in [-0.2, -0.15) is 0 Å². The highest BCUT2D eigenvalue weighted by atomic mass is 16.5. The molecule has 0 spiro atoms. The summed E-state index contributed by atoms with van der Waals surface area (Å²) >= 11 is 0. The van der Waals surface area contributed by atoms with Crippen molar-refractivity contribution >= 4 is 11.9 Å². The van der Waals surface area contributed by atoms with Crippen LogP contribution in [0.1, 0.15) is 23.8 Å². The third kappa shape index (κ3) is 2.71. The van der Waals surface area contributed by atoms with Gasteiger partial charge in [-0.15, -0.1) is 0 Å². The number of rotatable bonds is 3. The third-order valence-corrected chi connectivity index (χ3v) is 2.74. The highest BCUT2D eigenvalue weighted by Gasteiger charge is 2.21. The molecule has 0 aliphatic carbocycles. The Morgan fingerprint density at radius 2 is 2.53 bits per heavy atom. The number of aromatic nitrogens is 2. The first kappa shape index (κ1) is 11.8. The molecule has 0 bridgehead atoms. The van der Waals surface area contributed by atoms with Gasteiger partial charge in [0.25, 0.3) is 0 Å². The molecule has 1 saturated heterocycles. The summed E-state index contributed by atoms with van der Waals surface area (Å²) in [7, 11) is 0. The van der Waals surface area contributed by atoms with Crippen LogP contribution in [0.3, 0.4) is 0 Å². The van der Waals surface area contributed by atoms with E-state index in [0.29, 0.717) is 25.6 Å². The summed E-state index contributed by atoms with van der Waals surface area (Å²) in [5, 5.41) is 8.87. The quantitative estimate of drug-likeness (QED) is 0.837. The Morgan fingerprint density at radius 1 is 1.71 bits per heavy atom. The molecule has 17 heavy (non-hydrogen) atoms. The fraction of sp³-hybridized carbons (Fsp3) is 0.545. The lowest BCUT2D eigenvalue weighted by atomic mass is 10.2. The average molecular weight is 237 g/mol. The molecule has 1 N–H and O–H groups in total. The van der Waals surface area contributed by atoms with Crippen molar-refractivity contribution in [3.8, 4) is 0 Å². The van der Waals surface area contributed by atoms with Crippen molar-refractivity contribution < 1.29 is 14.6 Å². The minimum absolute atomic E-state index is 0.0227. The molecule has 1 aliphatic rings. The molecule has 2 rings (SSSR count). The Hall–Kier alpha value is -1.69. The van der Waals surface area contributed by atoms with Gasteiger partial charge in [-0.1, -0.05) is 6.92 Å². The molecule has 1 atom stereocenters. The summed E-state index contributed by atoms with van der Waals surface area (Å²) in [6.07, 6.45) is 2.57. The van der Waals surface area contributed by atoms with Crippen molar-refractivity contribution in [2.75, 3.05) is 24.6 Å². The zero-order chi connectivity index (χ0) is 12.3. The minimum Gasteiger partial charge on any atom is -0.477 e. The minimum atomic E-state index is -1.03. The fourth-order valence-corrected chi connectivity index (χ4v) is 1.77. The average Bonchev–Trinajstić information content (AvgIpc) is 2.39. The summed E-state index contributed by atoms with van der Waals surface area (Å²) in [5.41, 5.74) is 0.0227. The predicted octanol–water partition coefficient (Wildman–Crippen LogP) is 0.790. The van der Waals surface area contributed by atoms with Gasteiger partial charge in [0.2, 0.25) is 5.95 Å². The smallest absolute Gasteiger partial charge is 0.354 e. The van der Waals surface area contributed by atoms with E-state index in [1.165, 1.54) is 12.3 Å². The molecule has 92 valence electrons. The van der Waals surface area contributed by atoms with Gasteiger partial charge in [-0.05, 0) is 12.5 Å². The third-order valence-electron chi connectivity index (χ3n) is 2.74. The van der Waals surface area contributed by atoms with Gasteiger partial charge in [0.15, 0.2) is 5.69 Å². The molecule has 2 heterocycles. The van der Waals surface area contributed by atoms with Crippen molar-refractivity contribution in [2.45, 2.75) is 19.4 Å². The number of anilines is 1. The molecule has 0 saturated carbocycles. The molecule has 0 aromatic carbocycles. The molecule has 1 aliphatic heterocycles. The first-order valence-electron chi connectivity index (χ1n) is 5.63. The van der Waals surface area contributed by atoms with Crippen LogP contribution >= 0.6 is 0 Å². The highest BCUT2D eigenvalue weighted by molar-refractivity contribution is 5.85. The molecule has 1 aromatic heterocycles. The molecule has 6 nitrogen and oxygen atoms in total. The van der Waals surface area contributed by atoms with Gasteiger partial charge in [0, 0.05) is 19.3 Å². The molecule has 6 heteroatoms. The van der Waals surface area contributed by atoms with Crippen LogP contribution in [0.2, 0.25) is 0 Å². The molecular formula is C11H15N3O3. The zero-order valence-electron chi connectivity index (χ0n) is 9.67. The number of carboxylic acids is 1. The van der Waals surface area contributed by atoms with Gasteiger partial charge in [0.05, 0.1) is 12.7 Å². The van der Waals surface area contributed by atoms with Crippen molar-refractivity contribution in [3.05, 3.63) is 18.0 Å². The lowest BCUT2D eigenvalue weighted by Gasteiger charge is -2.32. The van der Waals surface area contributed by atoms with E-state index in [-0.39, 0.29) is 11.8 Å². The number of carboxylic acid groups (broad SMARTS) is 1. The van der Waals surface area contributed by atoms with Gasteiger partial charge in [0.1, 0.15) is 0 Å². The number of nitrogens with zero attached hydrogens (tertiary/aromatic N) is 3. The Morgan fingerprint density at radius 3 is 3.24 bits per heavy atom. The van der Waals surface area contributed by atoms with E-state index < -0.39 is 5.97 Å². The first-order chi connectivity index (χ1) is 8.20. The number of aromatic carboxylic acids is 1. The van der Waals surface area contributed by atoms with E-state index in [1.54, 1.807) is 0 Å². The van der Waals surface area contributed by atoms with Crippen molar-refractivity contribution in [1.29, 1.82) is 0 Å². The number of hydrogen-bond acceptors (Lipinski definition) is 5.